The molecule has 1 rings (SSSR count). The van der Waals surface area contributed by atoms with Crippen molar-refractivity contribution in [2.45, 2.75) is 39.5 Å². The molecule has 1 aromatic heterocycles. The van der Waals surface area contributed by atoms with Crippen molar-refractivity contribution < 1.29 is 35.9 Å². The van der Waals surface area contributed by atoms with E-state index in [2.05, 4.69) is 41.3 Å². The molecule has 1 aromatic rings. The third-order valence-electron chi connectivity index (χ3n) is 2.79. The fraction of sp³-hybridized carbons (Fsp3) is 0.476. The van der Waals surface area contributed by atoms with Crippen molar-refractivity contribution in [3.05, 3.63) is 47.5 Å². The molecule has 0 amide bonds. The molecule has 144 valence electrons. The van der Waals surface area contributed by atoms with Gasteiger partial charge in [-0.15, -0.1) is 11.3 Å². The molecule has 0 bridgehead atoms. The Bertz CT molecular complexity index is 478. The van der Waals surface area contributed by atoms with Gasteiger partial charge in [-0.3, -0.25) is 11.3 Å². The van der Waals surface area contributed by atoms with E-state index in [1.165, 1.54) is 11.3 Å². The summed E-state index contributed by atoms with van der Waals surface area (Å²) in [6.45, 7) is 8.69. The van der Waals surface area contributed by atoms with Gasteiger partial charge in [0, 0.05) is 11.9 Å². The Hall–Kier alpha value is -0.468. The van der Waals surface area contributed by atoms with Crippen LogP contribution in [0.25, 0.3) is 6.08 Å². The topological polar surface area (TPSA) is 32.7 Å². The van der Waals surface area contributed by atoms with E-state index in [0.717, 1.165) is 25.1 Å². The fourth-order valence-corrected chi connectivity index (χ4v) is 2.01. The number of unbranched alkanes of at least 4 members (excludes halogenated alkanes) is 2. The molecule has 0 saturated heterocycles. The number of thiophene rings is 1. The first kappa shape index (κ1) is 30.3. The summed E-state index contributed by atoms with van der Waals surface area (Å²) in [5.74, 6) is 0. The summed E-state index contributed by atoms with van der Waals surface area (Å²) >= 11 is 1.73. The van der Waals surface area contributed by atoms with Crippen LogP contribution >= 0.6 is 11.3 Å². The van der Waals surface area contributed by atoms with E-state index in [9.17, 15) is 4.79 Å². The second kappa shape index (κ2) is 24.5. The second-order valence-electron chi connectivity index (χ2n) is 5.40. The first-order chi connectivity index (χ1) is 12.0. The number of hydrogen-bond acceptors (Lipinski definition) is 4. The van der Waals surface area contributed by atoms with E-state index in [0.29, 0.717) is 6.42 Å². The summed E-state index contributed by atoms with van der Waals surface area (Å²) in [6, 6.07) is 4.13. The van der Waals surface area contributed by atoms with Crippen molar-refractivity contribution in [2.75, 3.05) is 27.7 Å². The van der Waals surface area contributed by atoms with Crippen molar-refractivity contribution in [3.63, 3.8) is 0 Å². The average Bonchev–Trinajstić information content (AvgIpc) is 3.13. The maximum absolute atomic E-state index is 9.64. The maximum atomic E-state index is 9.64. The van der Waals surface area contributed by atoms with Crippen LogP contribution in [0.1, 0.15) is 44.4 Å². The molecule has 0 aliphatic heterocycles. The minimum Gasteiger partial charge on any atom is -0.542 e. The SMILES string of the molecule is C/C=C\C(/C=C/c1cccs1)=NC.CN(C)CCC[C-]=O.[CH2-]CCC.[U+2]. The van der Waals surface area contributed by atoms with Gasteiger partial charge in [-0.05, 0) is 57.2 Å². The van der Waals surface area contributed by atoms with Gasteiger partial charge in [-0.2, -0.15) is 12.8 Å². The molecule has 0 aliphatic carbocycles. The second-order valence-corrected chi connectivity index (χ2v) is 6.38. The molecule has 0 aliphatic rings. The van der Waals surface area contributed by atoms with Crippen LogP contribution in [0.4, 0.5) is 0 Å². The van der Waals surface area contributed by atoms with Crippen molar-refractivity contribution in [1.82, 2.24) is 4.90 Å². The summed E-state index contributed by atoms with van der Waals surface area (Å²) in [5.41, 5.74) is 0.996. The molecule has 0 radical (unpaired) electrons. The largest absolute Gasteiger partial charge is 2.00 e. The van der Waals surface area contributed by atoms with Gasteiger partial charge in [0.1, 0.15) is 0 Å². The van der Waals surface area contributed by atoms with Crippen LogP contribution in [0.3, 0.4) is 0 Å². The van der Waals surface area contributed by atoms with Crippen LogP contribution in [-0.2, 0) is 4.79 Å². The zero-order chi connectivity index (χ0) is 19.3. The molecule has 0 aromatic carbocycles. The molecular formula is C21H34N2OSU. The summed E-state index contributed by atoms with van der Waals surface area (Å²) in [6.07, 6.45) is 13.7. The van der Waals surface area contributed by atoms with E-state index in [1.54, 1.807) is 18.4 Å². The predicted octanol–water partition coefficient (Wildman–Crippen LogP) is 5.47. The summed E-state index contributed by atoms with van der Waals surface area (Å²) < 4.78 is 0. The van der Waals surface area contributed by atoms with Crippen LogP contribution < -0.4 is 0 Å². The van der Waals surface area contributed by atoms with Gasteiger partial charge < -0.3 is 16.6 Å². The number of carbonyl (C=O) groups excluding carboxylic acids is 1. The van der Waals surface area contributed by atoms with Gasteiger partial charge in [-0.25, -0.2) is 0 Å². The van der Waals surface area contributed by atoms with Crippen LogP contribution in [-0.4, -0.2) is 44.6 Å². The number of allylic oxidation sites excluding steroid dienone is 3. The van der Waals surface area contributed by atoms with Crippen molar-refractivity contribution in [1.29, 1.82) is 0 Å². The van der Waals surface area contributed by atoms with Gasteiger partial charge in [-0.1, -0.05) is 31.9 Å². The standard InChI is InChI=1S/C11H13NS.C6H12NO.C4H9.U/c1-3-5-10(12-2)7-8-11-6-4-9-13-11;1-7(2)5-3-4-6-8;1-3-4-2;/h3-9H,1-2H3;3-5H2,1-2H3;1,3-4H2,2H3;/q;2*-1;+2/b5-3-,8-7+,12-10?;;;. The normalized spacial score (nSPS) is 10.8. The zero-order valence-electron chi connectivity index (χ0n) is 17.0. The van der Waals surface area contributed by atoms with Gasteiger partial charge >= 0.3 is 31.1 Å². The van der Waals surface area contributed by atoms with Crippen LogP contribution in [0, 0.1) is 38.0 Å². The van der Waals surface area contributed by atoms with E-state index in [1.807, 2.05) is 51.6 Å². The molecule has 5 heteroatoms. The third-order valence-corrected chi connectivity index (χ3v) is 3.63. The van der Waals surface area contributed by atoms with Gasteiger partial charge in [0.25, 0.3) is 0 Å². The Morgan fingerprint density at radius 2 is 2.04 bits per heavy atom. The van der Waals surface area contributed by atoms with E-state index in [4.69, 9.17) is 0 Å². The first-order valence-electron chi connectivity index (χ1n) is 8.65. The minimum atomic E-state index is 0. The van der Waals surface area contributed by atoms with Gasteiger partial charge in [0.15, 0.2) is 0 Å². The molecule has 1 heterocycles. The van der Waals surface area contributed by atoms with E-state index < -0.39 is 0 Å². The van der Waals surface area contributed by atoms with Crippen LogP contribution in [0.2, 0.25) is 0 Å². The Balaban J connectivity index is -0.000000351. The summed E-state index contributed by atoms with van der Waals surface area (Å²) in [7, 11) is 5.78. The maximum Gasteiger partial charge on any atom is 2.00 e. The molecular weight excluding hydrogens is 566 g/mol. The molecule has 26 heavy (non-hydrogen) atoms. The number of rotatable bonds is 8. The van der Waals surface area contributed by atoms with Crippen molar-refractivity contribution >= 4 is 29.4 Å². The fourth-order valence-electron chi connectivity index (χ4n) is 1.40. The Morgan fingerprint density at radius 1 is 1.38 bits per heavy atom. The smallest absolute Gasteiger partial charge is 0.542 e. The van der Waals surface area contributed by atoms with Gasteiger partial charge in [0.05, 0.1) is 5.71 Å². The monoisotopic (exact) mass is 600 g/mol. The molecule has 0 unspecified atom stereocenters. The van der Waals surface area contributed by atoms with Crippen LogP contribution in [0.5, 0.6) is 0 Å². The molecule has 3 nitrogen and oxygen atoms in total. The molecule has 0 spiro atoms. The predicted molar refractivity (Wildman–Crippen MR) is 115 cm³/mol. The van der Waals surface area contributed by atoms with Gasteiger partial charge in [0.2, 0.25) is 0 Å². The number of nitrogens with zero attached hydrogens (tertiary/aromatic N) is 2. The average molecular weight is 601 g/mol. The molecule has 0 fully saturated rings. The summed E-state index contributed by atoms with van der Waals surface area (Å²) in [5, 5.41) is 2.07. The van der Waals surface area contributed by atoms with E-state index in [-0.39, 0.29) is 31.1 Å². The molecule has 0 saturated carbocycles. The van der Waals surface area contributed by atoms with Crippen molar-refractivity contribution in [3.8, 4) is 0 Å². The molecule has 0 N–H and O–H groups in total. The first-order valence-corrected chi connectivity index (χ1v) is 9.53. The van der Waals surface area contributed by atoms with E-state index >= 15 is 0 Å². The molecule has 0 atom stereocenters. The quantitative estimate of drug-likeness (QED) is 0.226. The third kappa shape index (κ3) is 23.5. The summed E-state index contributed by atoms with van der Waals surface area (Å²) in [4.78, 5) is 17.1. The van der Waals surface area contributed by atoms with Crippen LogP contribution in [0.15, 0.2) is 40.7 Å². The Labute approximate surface area is 189 Å². The Morgan fingerprint density at radius 3 is 2.42 bits per heavy atom. The van der Waals surface area contributed by atoms with Crippen molar-refractivity contribution in [2.24, 2.45) is 4.99 Å². The minimum absolute atomic E-state index is 0. The number of hydrogen-bond donors (Lipinski definition) is 0. The zero-order valence-corrected chi connectivity index (χ0v) is 22.0. The number of aliphatic imine (C=N–C) groups is 1. The Kier molecular flexibility index (Phi) is 28.6.